The van der Waals surface area contributed by atoms with E-state index in [1.165, 1.54) is 0 Å². The summed E-state index contributed by atoms with van der Waals surface area (Å²) in [6, 6.07) is 23.6. The molecule has 1 saturated heterocycles. The van der Waals surface area contributed by atoms with Gasteiger partial charge in [0.25, 0.3) is 5.91 Å². The van der Waals surface area contributed by atoms with Crippen LogP contribution in [0.2, 0.25) is 0 Å². The van der Waals surface area contributed by atoms with E-state index in [1.807, 2.05) is 77.6 Å². The van der Waals surface area contributed by atoms with Crippen molar-refractivity contribution < 1.29 is 4.79 Å². The van der Waals surface area contributed by atoms with Gasteiger partial charge in [0.05, 0.1) is 44.8 Å². The van der Waals surface area contributed by atoms with Crippen LogP contribution in [0.1, 0.15) is 34.5 Å². The highest BCUT2D eigenvalue weighted by atomic mass is 32.1. The fourth-order valence-corrected chi connectivity index (χ4v) is 5.48. The summed E-state index contributed by atoms with van der Waals surface area (Å²) in [5.74, 6) is 0.733. The number of hydrazone groups is 1. The number of para-hydroxylation sites is 2. The zero-order valence-corrected chi connectivity index (χ0v) is 21.3. The highest BCUT2D eigenvalue weighted by molar-refractivity contribution is 7.13. The molecule has 7 nitrogen and oxygen atoms in total. The van der Waals surface area contributed by atoms with Gasteiger partial charge in [-0.05, 0) is 55.5 Å². The van der Waals surface area contributed by atoms with Crippen molar-refractivity contribution >= 4 is 40.2 Å². The van der Waals surface area contributed by atoms with Gasteiger partial charge in [-0.1, -0.05) is 42.5 Å². The molecule has 6 rings (SSSR count). The number of nitrogens with zero attached hydrogens (tertiary/aromatic N) is 5. The van der Waals surface area contributed by atoms with E-state index in [9.17, 15) is 4.79 Å². The number of rotatable bonds is 6. The third-order valence-electron chi connectivity index (χ3n) is 6.58. The maximum absolute atomic E-state index is 13.3. The number of nitrogens with one attached hydrogen (secondary N) is 1. The molecule has 37 heavy (non-hydrogen) atoms. The third kappa shape index (κ3) is 4.51. The Morgan fingerprint density at radius 1 is 1.03 bits per heavy atom. The first-order valence-corrected chi connectivity index (χ1v) is 13.2. The molecule has 1 amide bonds. The number of hydrogen-bond acceptors (Lipinski definition) is 6. The van der Waals surface area contributed by atoms with Gasteiger partial charge in [0.2, 0.25) is 0 Å². The summed E-state index contributed by atoms with van der Waals surface area (Å²) in [4.78, 5) is 21.5. The molecule has 0 bridgehead atoms. The quantitative estimate of drug-likeness (QED) is 0.233. The summed E-state index contributed by atoms with van der Waals surface area (Å²) in [6.07, 6.45) is 4.01. The lowest BCUT2D eigenvalue weighted by atomic mass is 10.1. The normalized spacial score (nSPS) is 13.6. The molecular weight excluding hydrogens is 480 g/mol. The molecule has 184 valence electrons. The first kappa shape index (κ1) is 23.1. The average Bonchev–Trinajstić information content (AvgIpc) is 3.71. The van der Waals surface area contributed by atoms with Crippen LogP contribution in [-0.4, -0.2) is 40.0 Å². The molecule has 1 N–H and O–H groups in total. The van der Waals surface area contributed by atoms with Gasteiger partial charge in [0, 0.05) is 18.5 Å². The molecule has 1 aliphatic rings. The van der Waals surface area contributed by atoms with Crippen molar-refractivity contribution in [3.8, 4) is 16.3 Å². The first-order chi connectivity index (χ1) is 18.2. The van der Waals surface area contributed by atoms with Gasteiger partial charge >= 0.3 is 0 Å². The molecule has 3 aromatic heterocycles. The Morgan fingerprint density at radius 3 is 2.59 bits per heavy atom. The smallest absolute Gasteiger partial charge is 0.272 e. The molecule has 0 aliphatic carbocycles. The van der Waals surface area contributed by atoms with Gasteiger partial charge in [0.15, 0.2) is 0 Å². The van der Waals surface area contributed by atoms with E-state index in [1.54, 1.807) is 17.6 Å². The van der Waals surface area contributed by atoms with Gasteiger partial charge in [-0.15, -0.1) is 11.3 Å². The van der Waals surface area contributed by atoms with Crippen LogP contribution in [0, 0.1) is 6.92 Å². The standard InChI is InChI=1S/C29H26N6OS/c1-20-24(29(34-15-7-8-16-34)35(33-20)21-10-3-2-4-11-21)19-30-32-28(36)23-18-26(27-14-9-17-37-27)31-25-13-6-5-12-22(23)25/h2-6,9-14,17-19H,7-8,15-16H2,1H3,(H,32,36). The van der Waals surface area contributed by atoms with Crippen molar-refractivity contribution in [3.05, 3.63) is 95.0 Å². The minimum Gasteiger partial charge on any atom is -0.356 e. The van der Waals surface area contributed by atoms with E-state index in [-0.39, 0.29) is 5.91 Å². The Kier molecular flexibility index (Phi) is 6.24. The maximum Gasteiger partial charge on any atom is 0.272 e. The van der Waals surface area contributed by atoms with Gasteiger partial charge in [-0.2, -0.15) is 10.2 Å². The fraction of sp³-hybridized carbons (Fsp3) is 0.172. The highest BCUT2D eigenvalue weighted by Gasteiger charge is 2.23. The zero-order chi connectivity index (χ0) is 25.2. The van der Waals surface area contributed by atoms with Gasteiger partial charge < -0.3 is 4.90 Å². The Hall–Kier alpha value is -4.30. The molecular formula is C29H26N6OS. The van der Waals surface area contributed by atoms with Crippen LogP contribution in [0.25, 0.3) is 27.2 Å². The third-order valence-corrected chi connectivity index (χ3v) is 7.47. The molecule has 1 fully saturated rings. The predicted molar refractivity (Wildman–Crippen MR) is 150 cm³/mol. The van der Waals surface area contributed by atoms with E-state index >= 15 is 0 Å². The van der Waals surface area contributed by atoms with E-state index < -0.39 is 0 Å². The van der Waals surface area contributed by atoms with Crippen LogP contribution >= 0.6 is 11.3 Å². The number of aryl methyl sites for hydroxylation is 1. The van der Waals surface area contributed by atoms with E-state index in [2.05, 4.69) is 27.6 Å². The summed E-state index contributed by atoms with van der Waals surface area (Å²) < 4.78 is 1.98. The number of anilines is 1. The van der Waals surface area contributed by atoms with Crippen LogP contribution in [0.3, 0.4) is 0 Å². The number of fused-ring (bicyclic) bond motifs is 1. The summed E-state index contributed by atoms with van der Waals surface area (Å²) in [7, 11) is 0. The molecule has 1 aliphatic heterocycles. The molecule has 0 radical (unpaired) electrons. The molecule has 0 spiro atoms. The Bertz CT molecular complexity index is 1580. The van der Waals surface area contributed by atoms with Crippen molar-refractivity contribution in [1.29, 1.82) is 0 Å². The monoisotopic (exact) mass is 506 g/mol. The van der Waals surface area contributed by atoms with Crippen LogP contribution in [-0.2, 0) is 0 Å². The molecule has 4 heterocycles. The van der Waals surface area contributed by atoms with E-state index in [0.29, 0.717) is 5.56 Å². The first-order valence-electron chi connectivity index (χ1n) is 12.4. The van der Waals surface area contributed by atoms with E-state index in [4.69, 9.17) is 10.1 Å². The molecule has 0 unspecified atom stereocenters. The van der Waals surface area contributed by atoms with Crippen molar-refractivity contribution in [2.45, 2.75) is 19.8 Å². The number of carbonyl (C=O) groups is 1. The topological polar surface area (TPSA) is 75.4 Å². The average molecular weight is 507 g/mol. The molecule has 0 saturated carbocycles. The Balaban J connectivity index is 1.33. The van der Waals surface area contributed by atoms with Crippen molar-refractivity contribution in [2.75, 3.05) is 18.0 Å². The van der Waals surface area contributed by atoms with Crippen LogP contribution < -0.4 is 10.3 Å². The number of amides is 1. The van der Waals surface area contributed by atoms with Gasteiger partial charge in [-0.25, -0.2) is 15.1 Å². The zero-order valence-electron chi connectivity index (χ0n) is 20.5. The number of benzene rings is 2. The molecule has 0 atom stereocenters. The number of pyridine rings is 1. The molecule has 8 heteroatoms. The highest BCUT2D eigenvalue weighted by Crippen LogP contribution is 2.30. The lowest BCUT2D eigenvalue weighted by Gasteiger charge is -2.20. The molecule has 5 aromatic rings. The lowest BCUT2D eigenvalue weighted by Crippen LogP contribution is -2.23. The Morgan fingerprint density at radius 2 is 1.81 bits per heavy atom. The number of thiophene rings is 1. The van der Waals surface area contributed by atoms with Gasteiger partial charge in [0.1, 0.15) is 5.82 Å². The van der Waals surface area contributed by atoms with Crippen molar-refractivity contribution in [2.24, 2.45) is 5.10 Å². The summed E-state index contributed by atoms with van der Waals surface area (Å²) in [5, 5.41) is 12.0. The SMILES string of the molecule is Cc1nn(-c2ccccc2)c(N2CCCC2)c1C=NNC(=O)c1cc(-c2cccs2)nc2ccccc12. The minimum absolute atomic E-state index is 0.275. The van der Waals surface area contributed by atoms with Crippen LogP contribution in [0.5, 0.6) is 0 Å². The number of aromatic nitrogens is 3. The summed E-state index contributed by atoms with van der Waals surface area (Å²) in [5.41, 5.74) is 7.62. The number of carbonyl (C=O) groups excluding carboxylic acids is 1. The lowest BCUT2D eigenvalue weighted by molar-refractivity contribution is 0.0956. The summed E-state index contributed by atoms with van der Waals surface area (Å²) >= 11 is 1.60. The molecule has 2 aromatic carbocycles. The number of hydrogen-bond donors (Lipinski definition) is 1. The van der Waals surface area contributed by atoms with Crippen molar-refractivity contribution in [1.82, 2.24) is 20.2 Å². The van der Waals surface area contributed by atoms with E-state index in [0.717, 1.165) is 70.2 Å². The van der Waals surface area contributed by atoms with Crippen LogP contribution in [0.4, 0.5) is 5.82 Å². The second-order valence-electron chi connectivity index (χ2n) is 9.01. The second-order valence-corrected chi connectivity index (χ2v) is 9.96. The van der Waals surface area contributed by atoms with Gasteiger partial charge in [-0.3, -0.25) is 4.79 Å². The predicted octanol–water partition coefficient (Wildman–Crippen LogP) is 5.82. The van der Waals surface area contributed by atoms with Crippen LogP contribution in [0.15, 0.2) is 83.3 Å². The maximum atomic E-state index is 13.3. The second kappa shape index (κ2) is 9.99. The van der Waals surface area contributed by atoms with Crippen molar-refractivity contribution in [3.63, 3.8) is 0 Å². The largest absolute Gasteiger partial charge is 0.356 e. The Labute approximate surface area is 219 Å². The minimum atomic E-state index is -0.275. The summed E-state index contributed by atoms with van der Waals surface area (Å²) in [6.45, 7) is 3.92. The fourth-order valence-electron chi connectivity index (χ4n) is 4.79.